The van der Waals surface area contributed by atoms with Gasteiger partial charge in [0.1, 0.15) is 0 Å². The molecule has 0 aliphatic carbocycles. The number of hydrogen-bond acceptors (Lipinski definition) is 0. The lowest BCUT2D eigenvalue weighted by atomic mass is 10.3. The van der Waals surface area contributed by atoms with Gasteiger partial charge in [-0.25, -0.2) is 13.2 Å². The predicted octanol–water partition coefficient (Wildman–Crippen LogP) is 2.38. The minimum atomic E-state index is -3.33. The molecule has 0 fully saturated rings. The molecule has 8 heavy (non-hydrogen) atoms. The van der Waals surface area contributed by atoms with Crippen LogP contribution in [0, 0.1) is 6.67 Å². The molecule has 0 spiro atoms. The fraction of sp³-hybridized carbons (Fsp3) is 0.750. The standard InChI is InChI=1S/C4H5ClF3/c5-2-1-4(7,8)3-6/h3H,1-2H2. The molecule has 0 bridgehead atoms. The van der Waals surface area contributed by atoms with E-state index in [-0.39, 0.29) is 5.88 Å². The van der Waals surface area contributed by atoms with Crippen molar-refractivity contribution in [2.75, 3.05) is 5.88 Å². The molecule has 0 saturated carbocycles. The van der Waals surface area contributed by atoms with E-state index in [9.17, 15) is 13.2 Å². The highest BCUT2D eigenvalue weighted by molar-refractivity contribution is 6.17. The molecule has 1 radical (unpaired) electrons. The van der Waals surface area contributed by atoms with Gasteiger partial charge in [0.05, 0.1) is 0 Å². The Morgan fingerprint density at radius 1 is 1.50 bits per heavy atom. The van der Waals surface area contributed by atoms with Crippen LogP contribution in [0.5, 0.6) is 0 Å². The van der Waals surface area contributed by atoms with Crippen LogP contribution in [-0.2, 0) is 0 Å². The average molecular weight is 146 g/mol. The maximum Gasteiger partial charge on any atom is 0.282 e. The van der Waals surface area contributed by atoms with Crippen LogP contribution < -0.4 is 0 Å². The Balaban J connectivity index is 3.37. The van der Waals surface area contributed by atoms with Gasteiger partial charge in [0.2, 0.25) is 6.67 Å². The summed E-state index contributed by atoms with van der Waals surface area (Å²) < 4.78 is 34.3. The summed E-state index contributed by atoms with van der Waals surface area (Å²) in [5.74, 6) is -3.56. The van der Waals surface area contributed by atoms with Crippen molar-refractivity contribution >= 4 is 11.6 Å². The van der Waals surface area contributed by atoms with E-state index in [1.54, 1.807) is 0 Å². The van der Waals surface area contributed by atoms with E-state index in [0.717, 1.165) is 0 Å². The summed E-state index contributed by atoms with van der Waals surface area (Å²) in [6, 6.07) is 0. The summed E-state index contributed by atoms with van der Waals surface area (Å²) in [6.07, 6.45) is -0.634. The van der Waals surface area contributed by atoms with Gasteiger partial charge < -0.3 is 0 Å². The molecular weight excluding hydrogens is 140 g/mol. The van der Waals surface area contributed by atoms with E-state index in [2.05, 4.69) is 0 Å². The van der Waals surface area contributed by atoms with Crippen LogP contribution in [0.25, 0.3) is 0 Å². The zero-order valence-corrected chi connectivity index (χ0v) is 4.76. The van der Waals surface area contributed by atoms with E-state index >= 15 is 0 Å². The fourth-order valence-electron chi connectivity index (χ4n) is 0.181. The van der Waals surface area contributed by atoms with Gasteiger partial charge in [-0.3, -0.25) is 0 Å². The van der Waals surface area contributed by atoms with Crippen molar-refractivity contribution in [3.05, 3.63) is 6.67 Å². The molecule has 0 saturated heterocycles. The molecule has 0 atom stereocenters. The predicted molar refractivity (Wildman–Crippen MR) is 25.7 cm³/mol. The smallest absolute Gasteiger partial charge is 0.237 e. The van der Waals surface area contributed by atoms with Gasteiger partial charge in [0.15, 0.2) is 0 Å². The maximum atomic E-state index is 11.6. The number of hydrogen-bond donors (Lipinski definition) is 0. The van der Waals surface area contributed by atoms with Crippen molar-refractivity contribution < 1.29 is 13.2 Å². The van der Waals surface area contributed by atoms with Crippen LogP contribution in [0.2, 0.25) is 0 Å². The minimum absolute atomic E-state index is 0.229. The second-order valence-corrected chi connectivity index (χ2v) is 1.69. The first-order valence-electron chi connectivity index (χ1n) is 2.01. The molecular formula is C4H5ClF3. The zero-order valence-electron chi connectivity index (χ0n) is 4.00. The van der Waals surface area contributed by atoms with Crippen LogP contribution in [0.4, 0.5) is 13.2 Å². The lowest BCUT2D eigenvalue weighted by molar-refractivity contribution is 0.00931. The van der Waals surface area contributed by atoms with E-state index in [4.69, 9.17) is 11.6 Å². The van der Waals surface area contributed by atoms with Crippen LogP contribution in [0.1, 0.15) is 6.42 Å². The zero-order chi connectivity index (χ0) is 6.62. The van der Waals surface area contributed by atoms with Crippen LogP contribution in [0.15, 0.2) is 0 Å². The summed E-state index contributed by atoms with van der Waals surface area (Å²) in [6.45, 7) is -0.643. The second kappa shape index (κ2) is 3.17. The maximum absolute atomic E-state index is 11.6. The normalized spacial score (nSPS) is 12.0. The second-order valence-electron chi connectivity index (χ2n) is 1.31. The Morgan fingerprint density at radius 3 is 2.12 bits per heavy atom. The average Bonchev–Trinajstić information content (AvgIpc) is 1.67. The summed E-state index contributed by atoms with van der Waals surface area (Å²) in [7, 11) is 0. The van der Waals surface area contributed by atoms with Crippen LogP contribution in [0.3, 0.4) is 0 Å². The van der Waals surface area contributed by atoms with Gasteiger partial charge >= 0.3 is 0 Å². The first-order chi connectivity index (χ1) is 3.62. The first kappa shape index (κ1) is 8.08. The molecule has 0 aliphatic heterocycles. The van der Waals surface area contributed by atoms with Crippen molar-refractivity contribution in [3.8, 4) is 0 Å². The van der Waals surface area contributed by atoms with Crippen molar-refractivity contribution in [2.24, 2.45) is 0 Å². The Kier molecular flexibility index (Phi) is 3.21. The first-order valence-corrected chi connectivity index (χ1v) is 2.54. The molecule has 0 unspecified atom stereocenters. The van der Waals surface area contributed by atoms with E-state index < -0.39 is 19.0 Å². The minimum Gasteiger partial charge on any atom is -0.237 e. The third-order valence-corrected chi connectivity index (χ3v) is 0.776. The molecule has 0 aliphatic rings. The molecule has 49 valence electrons. The molecule has 0 amide bonds. The van der Waals surface area contributed by atoms with E-state index in [1.807, 2.05) is 0 Å². The Hall–Kier alpha value is 0.0800. The largest absolute Gasteiger partial charge is 0.282 e. The highest BCUT2D eigenvalue weighted by atomic mass is 35.5. The SMILES string of the molecule is F[CH]C(F)(F)CCCl. The monoisotopic (exact) mass is 145 g/mol. The molecule has 4 heteroatoms. The third kappa shape index (κ3) is 3.13. The lowest BCUT2D eigenvalue weighted by Gasteiger charge is -2.06. The molecule has 0 aromatic rings. The van der Waals surface area contributed by atoms with Gasteiger partial charge in [-0.05, 0) is 0 Å². The molecule has 0 nitrogen and oxygen atoms in total. The van der Waals surface area contributed by atoms with Gasteiger partial charge in [-0.15, -0.1) is 11.6 Å². The molecule has 0 aromatic heterocycles. The summed E-state index contributed by atoms with van der Waals surface area (Å²) in [5, 5.41) is 0. The fourth-order valence-corrected chi connectivity index (χ4v) is 0.433. The van der Waals surface area contributed by atoms with Gasteiger partial charge in [-0.1, -0.05) is 0 Å². The third-order valence-electron chi connectivity index (χ3n) is 0.587. The van der Waals surface area contributed by atoms with Crippen LogP contribution >= 0.6 is 11.6 Å². The lowest BCUT2D eigenvalue weighted by Crippen LogP contribution is -2.14. The van der Waals surface area contributed by atoms with Gasteiger partial charge in [-0.2, -0.15) is 0 Å². The molecule has 0 aromatic carbocycles. The topological polar surface area (TPSA) is 0 Å². The highest BCUT2D eigenvalue weighted by Gasteiger charge is 2.28. The number of halogens is 4. The highest BCUT2D eigenvalue weighted by Crippen LogP contribution is 2.22. The molecule has 0 heterocycles. The van der Waals surface area contributed by atoms with Crippen LogP contribution in [-0.4, -0.2) is 11.8 Å². The van der Waals surface area contributed by atoms with E-state index in [1.165, 1.54) is 0 Å². The van der Waals surface area contributed by atoms with Gasteiger partial charge in [0.25, 0.3) is 5.92 Å². The Morgan fingerprint density at radius 2 is 2.00 bits per heavy atom. The summed E-state index contributed by atoms with van der Waals surface area (Å²) >= 11 is 4.90. The Labute approximate surface area is 50.6 Å². The van der Waals surface area contributed by atoms with Crippen molar-refractivity contribution in [1.82, 2.24) is 0 Å². The van der Waals surface area contributed by atoms with Crippen molar-refractivity contribution in [1.29, 1.82) is 0 Å². The number of alkyl halides is 3. The summed E-state index contributed by atoms with van der Waals surface area (Å²) in [4.78, 5) is 0. The van der Waals surface area contributed by atoms with Crippen molar-refractivity contribution in [3.63, 3.8) is 0 Å². The number of rotatable bonds is 3. The molecule has 0 N–H and O–H groups in total. The quantitative estimate of drug-likeness (QED) is 0.535. The van der Waals surface area contributed by atoms with E-state index in [0.29, 0.717) is 0 Å². The van der Waals surface area contributed by atoms with Crippen molar-refractivity contribution in [2.45, 2.75) is 12.3 Å². The van der Waals surface area contributed by atoms with Gasteiger partial charge in [0, 0.05) is 12.3 Å². The molecule has 0 rings (SSSR count). The Bertz CT molecular complexity index is 64.3. The summed E-state index contributed by atoms with van der Waals surface area (Å²) in [5.41, 5.74) is 0.